The summed E-state index contributed by atoms with van der Waals surface area (Å²) in [6, 6.07) is 9.59. The highest BCUT2D eigenvalue weighted by atomic mass is 32.2. The van der Waals surface area contributed by atoms with Gasteiger partial charge in [0.1, 0.15) is 0 Å². The van der Waals surface area contributed by atoms with Gasteiger partial charge in [0.2, 0.25) is 0 Å². The van der Waals surface area contributed by atoms with Gasteiger partial charge in [-0.1, -0.05) is 37.3 Å². The van der Waals surface area contributed by atoms with Crippen LogP contribution in [0.15, 0.2) is 40.9 Å². The van der Waals surface area contributed by atoms with Crippen LogP contribution in [0, 0.1) is 5.92 Å². The van der Waals surface area contributed by atoms with Crippen LogP contribution < -0.4 is 0 Å². The van der Waals surface area contributed by atoms with Crippen molar-refractivity contribution >= 4 is 21.4 Å². The maximum atomic E-state index is 12.9. The van der Waals surface area contributed by atoms with Gasteiger partial charge in [-0.3, -0.25) is 0 Å². The molecule has 0 spiro atoms. The molecule has 1 aromatic heterocycles. The number of hydrogen-bond donors (Lipinski definition) is 0. The molecule has 0 aliphatic carbocycles. The molecule has 112 valence electrons. The molecule has 2 aromatic rings. The van der Waals surface area contributed by atoms with Crippen molar-refractivity contribution in [3.63, 3.8) is 0 Å². The number of rotatable bonds is 3. The van der Waals surface area contributed by atoms with E-state index in [0.717, 1.165) is 23.3 Å². The molecule has 1 aliphatic rings. The summed E-state index contributed by atoms with van der Waals surface area (Å²) in [6.07, 6.45) is 2.01. The maximum absolute atomic E-state index is 12.9. The predicted molar refractivity (Wildman–Crippen MR) is 84.7 cm³/mol. The Morgan fingerprint density at radius 1 is 1.29 bits per heavy atom. The number of sulfonamides is 1. The lowest BCUT2D eigenvalue weighted by atomic mass is 10.0. The number of benzene rings is 1. The van der Waals surface area contributed by atoms with E-state index in [-0.39, 0.29) is 5.03 Å². The standard InChI is InChI=1S/C15H18N2O2S2/c1-12-6-5-9-17(10-12)21(18,19)15-14(20-11-16-15)13-7-3-2-4-8-13/h2-4,7-8,11-12H,5-6,9-10H2,1H3. The smallest absolute Gasteiger partial charge is 0.231 e. The van der Waals surface area contributed by atoms with Crippen LogP contribution in [0.4, 0.5) is 0 Å². The lowest BCUT2D eigenvalue weighted by Gasteiger charge is -2.29. The van der Waals surface area contributed by atoms with E-state index in [0.29, 0.717) is 19.0 Å². The summed E-state index contributed by atoms with van der Waals surface area (Å²) in [5, 5.41) is 0.202. The van der Waals surface area contributed by atoms with Crippen LogP contribution in [-0.4, -0.2) is 30.8 Å². The first-order chi connectivity index (χ1) is 10.1. The molecule has 1 saturated heterocycles. The Bertz CT molecular complexity index is 710. The van der Waals surface area contributed by atoms with Crippen LogP contribution in [0.5, 0.6) is 0 Å². The van der Waals surface area contributed by atoms with Crippen molar-refractivity contribution in [1.82, 2.24) is 9.29 Å². The Balaban J connectivity index is 1.99. The lowest BCUT2D eigenvalue weighted by Crippen LogP contribution is -2.39. The largest absolute Gasteiger partial charge is 0.262 e. The van der Waals surface area contributed by atoms with Gasteiger partial charge >= 0.3 is 0 Å². The fraction of sp³-hybridized carbons (Fsp3) is 0.400. The zero-order valence-corrected chi connectivity index (χ0v) is 13.5. The number of piperidine rings is 1. The van der Waals surface area contributed by atoms with Crippen LogP contribution in [0.2, 0.25) is 0 Å². The zero-order valence-electron chi connectivity index (χ0n) is 11.9. The highest BCUT2D eigenvalue weighted by Crippen LogP contribution is 2.33. The van der Waals surface area contributed by atoms with Crippen LogP contribution in [0.25, 0.3) is 10.4 Å². The molecule has 0 radical (unpaired) electrons. The molecule has 1 aliphatic heterocycles. The first kappa shape index (κ1) is 14.7. The molecule has 1 atom stereocenters. The van der Waals surface area contributed by atoms with Crippen LogP contribution in [0.3, 0.4) is 0 Å². The van der Waals surface area contributed by atoms with Gasteiger partial charge in [0, 0.05) is 13.1 Å². The maximum Gasteiger partial charge on any atom is 0.262 e. The summed E-state index contributed by atoms with van der Waals surface area (Å²) < 4.78 is 27.3. The molecule has 4 nitrogen and oxygen atoms in total. The van der Waals surface area contributed by atoms with E-state index in [2.05, 4.69) is 11.9 Å². The van der Waals surface area contributed by atoms with Gasteiger partial charge in [-0.25, -0.2) is 13.4 Å². The Kier molecular flexibility index (Phi) is 4.10. The second-order valence-electron chi connectivity index (χ2n) is 5.46. The SMILES string of the molecule is CC1CCCN(S(=O)(=O)c2ncsc2-c2ccccc2)C1. The summed E-state index contributed by atoms with van der Waals surface area (Å²) in [7, 11) is -3.50. The Morgan fingerprint density at radius 2 is 2.05 bits per heavy atom. The van der Waals surface area contributed by atoms with Gasteiger partial charge in [-0.15, -0.1) is 11.3 Å². The lowest BCUT2D eigenvalue weighted by molar-refractivity contribution is 0.281. The van der Waals surface area contributed by atoms with E-state index in [1.165, 1.54) is 11.3 Å². The van der Waals surface area contributed by atoms with Crippen molar-refractivity contribution < 1.29 is 8.42 Å². The van der Waals surface area contributed by atoms with Crippen LogP contribution in [0.1, 0.15) is 19.8 Å². The highest BCUT2D eigenvalue weighted by Gasteiger charge is 2.32. The van der Waals surface area contributed by atoms with Crippen LogP contribution >= 0.6 is 11.3 Å². The minimum atomic E-state index is -3.50. The molecule has 1 aromatic carbocycles. The third-order valence-corrected chi connectivity index (χ3v) is 6.59. The quantitative estimate of drug-likeness (QED) is 0.872. The van der Waals surface area contributed by atoms with Gasteiger partial charge < -0.3 is 0 Å². The Morgan fingerprint density at radius 3 is 2.76 bits per heavy atom. The van der Waals surface area contributed by atoms with Gasteiger partial charge in [-0.2, -0.15) is 4.31 Å². The molecule has 6 heteroatoms. The molecular weight excluding hydrogens is 304 g/mol. The fourth-order valence-electron chi connectivity index (χ4n) is 2.69. The van der Waals surface area contributed by atoms with Crippen molar-refractivity contribution in [2.45, 2.75) is 24.8 Å². The second-order valence-corrected chi connectivity index (χ2v) is 8.17. The molecular formula is C15H18N2O2S2. The minimum absolute atomic E-state index is 0.202. The monoisotopic (exact) mass is 322 g/mol. The zero-order chi connectivity index (χ0) is 14.9. The van der Waals surface area contributed by atoms with E-state index >= 15 is 0 Å². The van der Waals surface area contributed by atoms with Gasteiger partial charge in [0.05, 0.1) is 10.4 Å². The fourth-order valence-corrected chi connectivity index (χ4v) is 5.51. The third kappa shape index (κ3) is 2.88. The summed E-state index contributed by atoms with van der Waals surface area (Å²) in [5.41, 5.74) is 2.52. The Labute approximate surface area is 129 Å². The summed E-state index contributed by atoms with van der Waals surface area (Å²) in [5.74, 6) is 0.410. The summed E-state index contributed by atoms with van der Waals surface area (Å²) >= 11 is 1.38. The Hall–Kier alpha value is -1.24. The third-order valence-electron chi connectivity index (χ3n) is 3.77. The normalized spacial score (nSPS) is 20.5. The van der Waals surface area contributed by atoms with Gasteiger partial charge in [0.15, 0.2) is 5.03 Å². The molecule has 1 unspecified atom stereocenters. The summed E-state index contributed by atoms with van der Waals surface area (Å²) in [4.78, 5) is 4.88. The second kappa shape index (κ2) is 5.87. The van der Waals surface area contributed by atoms with Gasteiger partial charge in [0.25, 0.3) is 10.0 Å². The average Bonchev–Trinajstić information content (AvgIpc) is 2.98. The van der Waals surface area contributed by atoms with Crippen LogP contribution in [-0.2, 0) is 10.0 Å². The first-order valence-electron chi connectivity index (χ1n) is 7.08. The van der Waals surface area contributed by atoms with E-state index in [1.807, 2.05) is 30.3 Å². The number of nitrogens with zero attached hydrogens (tertiary/aromatic N) is 2. The molecule has 3 rings (SSSR count). The van der Waals surface area contributed by atoms with Crippen molar-refractivity contribution in [2.24, 2.45) is 5.92 Å². The van der Waals surface area contributed by atoms with Crippen molar-refractivity contribution in [1.29, 1.82) is 0 Å². The number of aromatic nitrogens is 1. The average molecular weight is 322 g/mol. The minimum Gasteiger partial charge on any atom is -0.231 e. The van der Waals surface area contributed by atoms with Crippen molar-refractivity contribution in [3.05, 3.63) is 35.8 Å². The van der Waals surface area contributed by atoms with Crippen molar-refractivity contribution in [3.8, 4) is 10.4 Å². The highest BCUT2D eigenvalue weighted by molar-refractivity contribution is 7.89. The molecule has 0 bridgehead atoms. The number of hydrogen-bond acceptors (Lipinski definition) is 4. The van der Waals surface area contributed by atoms with E-state index < -0.39 is 10.0 Å². The van der Waals surface area contributed by atoms with Gasteiger partial charge in [-0.05, 0) is 24.3 Å². The molecule has 21 heavy (non-hydrogen) atoms. The first-order valence-corrected chi connectivity index (χ1v) is 9.40. The summed E-state index contributed by atoms with van der Waals surface area (Å²) in [6.45, 7) is 3.29. The molecule has 0 N–H and O–H groups in total. The molecule has 2 heterocycles. The topological polar surface area (TPSA) is 50.3 Å². The number of thiazole rings is 1. The van der Waals surface area contributed by atoms with E-state index in [9.17, 15) is 8.42 Å². The van der Waals surface area contributed by atoms with E-state index in [1.54, 1.807) is 9.82 Å². The van der Waals surface area contributed by atoms with Crippen molar-refractivity contribution in [2.75, 3.05) is 13.1 Å². The molecule has 1 fully saturated rings. The van der Waals surface area contributed by atoms with E-state index in [4.69, 9.17) is 0 Å². The predicted octanol–water partition coefficient (Wildman–Crippen LogP) is 3.23. The molecule has 0 saturated carbocycles. The molecule has 0 amide bonds.